The highest BCUT2D eigenvalue weighted by Crippen LogP contribution is 2.41. The fourth-order valence-electron chi connectivity index (χ4n) is 3.61. The van der Waals surface area contributed by atoms with E-state index in [0.717, 1.165) is 23.1 Å². The zero-order valence-corrected chi connectivity index (χ0v) is 25.8. The van der Waals surface area contributed by atoms with Gasteiger partial charge < -0.3 is 21.6 Å². The number of thiazole rings is 1. The number of aromatic amines is 1. The summed E-state index contributed by atoms with van der Waals surface area (Å²) in [5.74, 6) is 4.83. The van der Waals surface area contributed by atoms with Crippen molar-refractivity contribution in [3.63, 3.8) is 0 Å². The number of hydrazine groups is 1. The molecule has 216 valence electrons. The van der Waals surface area contributed by atoms with Crippen molar-refractivity contribution >= 4 is 85.9 Å². The lowest BCUT2D eigenvalue weighted by molar-refractivity contribution is -0.144. The molecular weight excluding hydrogens is 699 g/mol. The van der Waals surface area contributed by atoms with Crippen LogP contribution in [-0.4, -0.2) is 83.0 Å². The van der Waals surface area contributed by atoms with Gasteiger partial charge in [-0.25, -0.2) is 16.4 Å². The maximum absolute atomic E-state index is 13.2. The fraction of sp³-hybridized carbons (Fsp3) is 0.368. The molecule has 0 radical (unpaired) electrons. The molecule has 0 aromatic carbocycles. The Bertz CT molecular complexity index is 1490. The van der Waals surface area contributed by atoms with Crippen molar-refractivity contribution in [3.8, 4) is 0 Å². The van der Waals surface area contributed by atoms with E-state index in [9.17, 15) is 19.2 Å². The number of nitrogen functional groups attached to an aromatic ring is 1. The summed E-state index contributed by atoms with van der Waals surface area (Å²) < 4.78 is 1.32. The number of thioether (sulfide) groups is 2. The van der Waals surface area contributed by atoms with Gasteiger partial charge >= 0.3 is 11.1 Å². The predicted octanol–water partition coefficient (Wildman–Crippen LogP) is -1.91. The van der Waals surface area contributed by atoms with Gasteiger partial charge in [-0.3, -0.25) is 33.9 Å². The summed E-state index contributed by atoms with van der Waals surface area (Å²) in [6.07, 6.45) is 0. The van der Waals surface area contributed by atoms with E-state index in [1.165, 1.54) is 28.5 Å². The summed E-state index contributed by atoms with van der Waals surface area (Å²) in [5.41, 5.74) is 13.2. The second kappa shape index (κ2) is 14.0. The molecule has 0 saturated carbocycles. The van der Waals surface area contributed by atoms with Crippen LogP contribution in [0.5, 0.6) is 0 Å². The van der Waals surface area contributed by atoms with Gasteiger partial charge in [-0.15, -0.1) is 28.2 Å². The summed E-state index contributed by atoms with van der Waals surface area (Å²) in [6, 6.07) is -0.893. The van der Waals surface area contributed by atoms with Crippen LogP contribution in [0.25, 0.3) is 0 Å². The van der Waals surface area contributed by atoms with Crippen molar-refractivity contribution in [2.45, 2.75) is 16.6 Å². The number of oxime groups is 1. The first-order chi connectivity index (χ1) is 19.2. The number of hydrogen-bond donors (Lipinski definition) is 6. The lowest BCUT2D eigenvalue weighted by Crippen LogP contribution is -2.71. The molecule has 4 heterocycles. The number of halogens is 1. The number of carbonyl (C=O) groups is 2. The molecule has 2 amide bonds. The number of nitrogens with zero attached hydrogens (tertiary/aromatic N) is 6. The molecule has 21 heteroatoms. The number of anilines is 1. The largest absolute Gasteiger partial charge is 0.398 e. The van der Waals surface area contributed by atoms with Crippen LogP contribution < -0.4 is 39.3 Å². The highest BCUT2D eigenvalue weighted by atomic mass is 127. The minimum absolute atomic E-state index is 0.0468. The van der Waals surface area contributed by atoms with Crippen LogP contribution in [0.15, 0.2) is 41.7 Å². The van der Waals surface area contributed by atoms with E-state index in [4.69, 9.17) is 22.1 Å². The molecule has 2 aromatic heterocycles. The Kier molecular flexibility index (Phi) is 11.0. The molecule has 0 bridgehead atoms. The van der Waals surface area contributed by atoms with Crippen molar-refractivity contribution < 1.29 is 14.4 Å². The van der Waals surface area contributed by atoms with E-state index in [1.807, 2.05) is 4.93 Å². The molecule has 0 spiro atoms. The molecule has 0 unspecified atom stereocenters. The normalized spacial score (nSPS) is 18.8. The van der Waals surface area contributed by atoms with Crippen LogP contribution in [0.2, 0.25) is 0 Å². The Hall–Kier alpha value is -3.15. The van der Waals surface area contributed by atoms with Gasteiger partial charge in [0.15, 0.2) is 21.8 Å². The standard InChI is InChI=1S/C18H22N12O5S3.CH3I/c1-29-18(24-13(32)14(33)26-29)38-4-6-3-36-16-9(15(34)30(16)10(6)11(19)25-28-21)23-12(31)8(27-35-2)7-5-37-17(20)22-7;1-2/h5,9,16,28H,3-4,21H2,1-2H3,(H2,19,25)(H2,20,22)(H,23,31)(H,26,33);1H3/b27-8-;/t9-,16-;/m1./s1. The van der Waals surface area contributed by atoms with Crippen molar-refractivity contribution in [1.82, 2.24) is 35.5 Å². The highest BCUT2D eigenvalue weighted by Gasteiger charge is 2.53. The molecule has 1 fully saturated rings. The first-order valence-corrected chi connectivity index (χ1v) is 16.0. The number of rotatable bonds is 9. The van der Waals surface area contributed by atoms with Crippen LogP contribution in [0.4, 0.5) is 5.13 Å². The topological polar surface area (TPSA) is 254 Å². The number of nitrogens with two attached hydrogens (primary N) is 3. The number of alkyl halides is 1. The van der Waals surface area contributed by atoms with Crippen molar-refractivity contribution in [2.75, 3.05) is 29.3 Å². The number of hydrogen-bond acceptors (Lipinski definition) is 15. The SMILES string of the molecule is CI.CO/N=C(\C(=O)N[C@@H]1C(=O)N2C(/C(N)=N/NN)=C(CSc3nc(=O)c(=O)[nH]n3C)CS[C@H]12)c1csc(N)n1. The van der Waals surface area contributed by atoms with Gasteiger partial charge in [0, 0.05) is 23.9 Å². The summed E-state index contributed by atoms with van der Waals surface area (Å²) in [7, 11) is 2.82. The summed E-state index contributed by atoms with van der Waals surface area (Å²) in [6.45, 7) is 0. The van der Waals surface area contributed by atoms with Crippen LogP contribution in [-0.2, 0) is 21.5 Å². The highest BCUT2D eigenvalue weighted by molar-refractivity contribution is 14.1. The minimum Gasteiger partial charge on any atom is -0.398 e. The second-order valence-corrected chi connectivity index (χ2v) is 10.6. The van der Waals surface area contributed by atoms with E-state index in [-0.39, 0.29) is 33.3 Å². The first-order valence-electron chi connectivity index (χ1n) is 10.9. The molecule has 2 aliphatic rings. The van der Waals surface area contributed by atoms with Crippen molar-refractivity contribution in [1.29, 1.82) is 0 Å². The number of amidine groups is 1. The molecule has 17 nitrogen and oxygen atoms in total. The summed E-state index contributed by atoms with van der Waals surface area (Å²) in [5, 5.41) is 14.2. The molecule has 2 aromatic rings. The number of hydrazone groups is 1. The third-order valence-corrected chi connectivity index (χ3v) is 8.38. The van der Waals surface area contributed by atoms with Crippen LogP contribution in [0.1, 0.15) is 5.69 Å². The lowest BCUT2D eigenvalue weighted by atomic mass is 10.0. The number of amides is 2. The number of fused-ring (bicyclic) bond motifs is 1. The Morgan fingerprint density at radius 1 is 1.35 bits per heavy atom. The average molecular weight is 725 g/mol. The van der Waals surface area contributed by atoms with Crippen molar-refractivity contribution in [2.24, 2.45) is 28.9 Å². The van der Waals surface area contributed by atoms with E-state index in [1.54, 1.807) is 12.4 Å². The Labute approximate surface area is 252 Å². The van der Waals surface area contributed by atoms with Gasteiger partial charge in [-0.05, 0) is 10.5 Å². The molecule has 0 aliphatic carbocycles. The van der Waals surface area contributed by atoms with Gasteiger partial charge in [0.1, 0.15) is 24.2 Å². The second-order valence-electron chi connectivity index (χ2n) is 7.62. The Morgan fingerprint density at radius 2 is 2.08 bits per heavy atom. The predicted molar refractivity (Wildman–Crippen MR) is 162 cm³/mol. The van der Waals surface area contributed by atoms with Gasteiger partial charge in [-0.2, -0.15) is 4.98 Å². The van der Waals surface area contributed by atoms with Crippen LogP contribution in [0, 0.1) is 0 Å². The van der Waals surface area contributed by atoms with Crippen molar-refractivity contribution in [3.05, 3.63) is 43.1 Å². The zero-order chi connectivity index (χ0) is 29.6. The number of β-lactam (4-membered cyclic amide) rings is 1. The van der Waals surface area contributed by atoms with Crippen LogP contribution >= 0.6 is 57.5 Å². The Morgan fingerprint density at radius 3 is 2.70 bits per heavy atom. The van der Waals surface area contributed by atoms with E-state index >= 15 is 0 Å². The minimum atomic E-state index is -0.917. The third kappa shape index (κ3) is 6.59. The number of nitrogens with one attached hydrogen (secondary N) is 3. The Balaban J connectivity index is 0.00000216. The van der Waals surface area contributed by atoms with Crippen LogP contribution in [0.3, 0.4) is 0 Å². The number of aryl methyl sites for hydroxylation is 1. The molecule has 2 atom stereocenters. The molecule has 9 N–H and O–H groups in total. The maximum atomic E-state index is 13.2. The first kappa shape index (κ1) is 31.4. The maximum Gasteiger partial charge on any atom is 0.339 e. The molecule has 40 heavy (non-hydrogen) atoms. The lowest BCUT2D eigenvalue weighted by Gasteiger charge is -2.50. The zero-order valence-electron chi connectivity index (χ0n) is 21.2. The van der Waals surface area contributed by atoms with E-state index in [0.29, 0.717) is 17.0 Å². The smallest absolute Gasteiger partial charge is 0.339 e. The van der Waals surface area contributed by atoms with Gasteiger partial charge in [0.05, 0.1) is 5.70 Å². The fourth-order valence-corrected chi connectivity index (χ4v) is 6.56. The molecular formula is C19H25IN12O5S3. The quantitative estimate of drug-likeness (QED) is 0.0190. The number of carbonyl (C=O) groups excluding carboxylic acids is 2. The van der Waals surface area contributed by atoms with E-state index in [2.05, 4.69) is 58.8 Å². The van der Waals surface area contributed by atoms with Gasteiger partial charge in [-0.1, -0.05) is 39.5 Å². The summed E-state index contributed by atoms with van der Waals surface area (Å²) in [4.78, 5) is 65.3. The van der Waals surface area contributed by atoms with Gasteiger partial charge in [0.2, 0.25) is 0 Å². The van der Waals surface area contributed by atoms with E-state index < -0.39 is 34.3 Å². The third-order valence-electron chi connectivity index (χ3n) is 5.25. The number of aromatic nitrogens is 4. The monoisotopic (exact) mass is 724 g/mol. The molecule has 1 saturated heterocycles. The number of H-pyrrole nitrogens is 1. The molecule has 2 aliphatic heterocycles. The van der Waals surface area contributed by atoms with Gasteiger partial charge in [0.25, 0.3) is 11.8 Å². The summed E-state index contributed by atoms with van der Waals surface area (Å²) >= 11 is 5.83. The molecule has 4 rings (SSSR count). The average Bonchev–Trinajstić information content (AvgIpc) is 3.37.